The van der Waals surface area contributed by atoms with Crippen LogP contribution in [0.4, 0.5) is 10.3 Å². The van der Waals surface area contributed by atoms with Gasteiger partial charge in [-0.25, -0.2) is 22.8 Å². The van der Waals surface area contributed by atoms with E-state index >= 15 is 0 Å². The highest BCUT2D eigenvalue weighted by atomic mass is 32.2. The van der Waals surface area contributed by atoms with Crippen LogP contribution in [0, 0.1) is 6.92 Å². The van der Waals surface area contributed by atoms with E-state index in [4.69, 9.17) is 5.73 Å². The molecule has 2 saturated carbocycles. The molecule has 0 spiro atoms. The second-order valence-electron chi connectivity index (χ2n) is 10.2. The van der Waals surface area contributed by atoms with Crippen molar-refractivity contribution in [2.45, 2.75) is 81.4 Å². The molecule has 33 heavy (non-hydrogen) atoms. The standard InChI is InChI=1S/C22H32FN7O2S/c1-14-10-25-21(28-20(14)15-11-26-30(12-15)16-8-22(2,24)9-16)27-19-6-7-29(13-18(19)23)33(31,32)17-4-3-5-17/h10-12,16-19H,3-9,13,24H2,1-2H3,(H,25,27,28)/t16?,18-,19+,22?/m1/s1. The van der Waals surface area contributed by atoms with Crippen molar-refractivity contribution in [3.05, 3.63) is 24.2 Å². The minimum Gasteiger partial charge on any atom is -0.348 e. The molecule has 3 N–H and O–H groups in total. The Bertz CT molecular complexity index is 1120. The number of hydrogen-bond donors (Lipinski definition) is 2. The van der Waals surface area contributed by atoms with Gasteiger partial charge in [-0.2, -0.15) is 9.40 Å². The SMILES string of the molecule is Cc1cnc(N[C@H]2CCN(S(=O)(=O)C3CCC3)C[C@H]2F)nc1-c1cnn(C2CC(C)(N)C2)c1. The number of halogens is 1. The van der Waals surface area contributed by atoms with E-state index in [9.17, 15) is 12.8 Å². The van der Waals surface area contributed by atoms with Crippen LogP contribution in [0.15, 0.2) is 18.6 Å². The van der Waals surface area contributed by atoms with Gasteiger partial charge in [-0.05, 0) is 51.5 Å². The maximum Gasteiger partial charge on any atom is 0.223 e. The van der Waals surface area contributed by atoms with Gasteiger partial charge in [0.05, 0.1) is 29.2 Å². The minimum atomic E-state index is -3.40. The summed E-state index contributed by atoms with van der Waals surface area (Å²) in [5.41, 5.74) is 8.52. The number of anilines is 1. The van der Waals surface area contributed by atoms with Gasteiger partial charge in [-0.3, -0.25) is 4.68 Å². The maximum absolute atomic E-state index is 15.0. The molecule has 3 fully saturated rings. The predicted octanol–water partition coefficient (Wildman–Crippen LogP) is 2.41. The molecule has 2 aromatic heterocycles. The molecule has 0 aromatic carbocycles. The van der Waals surface area contributed by atoms with Crippen LogP contribution < -0.4 is 11.1 Å². The lowest BCUT2D eigenvalue weighted by molar-refractivity contribution is 0.160. The van der Waals surface area contributed by atoms with Gasteiger partial charge in [0, 0.05) is 36.6 Å². The topological polar surface area (TPSA) is 119 Å². The summed E-state index contributed by atoms with van der Waals surface area (Å²) in [7, 11) is -3.40. The zero-order chi connectivity index (χ0) is 23.4. The number of nitrogens with one attached hydrogen (secondary N) is 1. The summed E-state index contributed by atoms with van der Waals surface area (Å²) >= 11 is 0. The van der Waals surface area contributed by atoms with Crippen LogP contribution in [0.5, 0.6) is 0 Å². The molecule has 5 rings (SSSR count). The second-order valence-corrected chi connectivity index (χ2v) is 12.4. The Morgan fingerprint density at radius 3 is 2.64 bits per heavy atom. The third-order valence-corrected chi connectivity index (χ3v) is 9.64. The van der Waals surface area contributed by atoms with Gasteiger partial charge in [0.15, 0.2) is 0 Å². The fourth-order valence-corrected chi connectivity index (χ4v) is 7.04. The monoisotopic (exact) mass is 477 g/mol. The van der Waals surface area contributed by atoms with Gasteiger partial charge in [0.25, 0.3) is 0 Å². The quantitative estimate of drug-likeness (QED) is 0.656. The number of nitrogens with two attached hydrogens (primary N) is 1. The van der Waals surface area contributed by atoms with Gasteiger partial charge >= 0.3 is 0 Å². The summed E-state index contributed by atoms with van der Waals surface area (Å²) < 4.78 is 43.5. The fraction of sp³-hybridized carbons (Fsp3) is 0.682. The molecule has 9 nitrogen and oxygen atoms in total. The molecule has 3 aliphatic rings. The maximum atomic E-state index is 15.0. The van der Waals surface area contributed by atoms with Gasteiger partial charge in [0.1, 0.15) is 6.17 Å². The second kappa shape index (κ2) is 8.28. The summed E-state index contributed by atoms with van der Waals surface area (Å²) in [6, 6.07) is -0.240. The van der Waals surface area contributed by atoms with Gasteiger partial charge in [-0.15, -0.1) is 0 Å². The first-order chi connectivity index (χ1) is 15.6. The third-order valence-electron chi connectivity index (χ3n) is 7.28. The number of sulfonamides is 1. The van der Waals surface area contributed by atoms with Gasteiger partial charge < -0.3 is 11.1 Å². The number of nitrogens with zero attached hydrogens (tertiary/aromatic N) is 5. The summed E-state index contributed by atoms with van der Waals surface area (Å²) in [5, 5.41) is 7.25. The highest BCUT2D eigenvalue weighted by molar-refractivity contribution is 7.89. The van der Waals surface area contributed by atoms with E-state index in [0.29, 0.717) is 37.8 Å². The summed E-state index contributed by atoms with van der Waals surface area (Å²) in [6.45, 7) is 4.16. The number of hydrogen-bond acceptors (Lipinski definition) is 7. The molecule has 2 aromatic rings. The summed E-state index contributed by atoms with van der Waals surface area (Å²) in [4.78, 5) is 8.97. The zero-order valence-electron chi connectivity index (χ0n) is 19.1. The smallest absolute Gasteiger partial charge is 0.223 e. The number of rotatable bonds is 6. The fourth-order valence-electron chi connectivity index (χ4n) is 4.98. The van der Waals surface area contributed by atoms with E-state index in [2.05, 4.69) is 20.4 Å². The summed E-state index contributed by atoms with van der Waals surface area (Å²) in [5.74, 6) is 0.337. The first-order valence-corrected chi connectivity index (χ1v) is 13.2. The average molecular weight is 478 g/mol. The molecular weight excluding hydrogens is 445 g/mol. The first kappa shape index (κ1) is 22.7. The molecule has 0 bridgehead atoms. The number of alkyl halides is 1. The number of aryl methyl sites for hydroxylation is 1. The zero-order valence-corrected chi connectivity index (χ0v) is 19.9. The lowest BCUT2D eigenvalue weighted by Gasteiger charge is -2.42. The van der Waals surface area contributed by atoms with E-state index in [-0.39, 0.29) is 17.3 Å². The van der Waals surface area contributed by atoms with Crippen molar-refractivity contribution >= 4 is 16.0 Å². The summed E-state index contributed by atoms with van der Waals surface area (Å²) in [6.07, 6.45) is 8.58. The minimum absolute atomic E-state index is 0.122. The number of aromatic nitrogens is 4. The normalized spacial score (nSPS) is 31.1. The van der Waals surface area contributed by atoms with Crippen molar-refractivity contribution in [3.8, 4) is 11.3 Å². The molecule has 2 aliphatic carbocycles. The first-order valence-electron chi connectivity index (χ1n) is 11.7. The van der Waals surface area contributed by atoms with Crippen molar-refractivity contribution in [1.29, 1.82) is 0 Å². The van der Waals surface area contributed by atoms with E-state index in [1.165, 1.54) is 4.31 Å². The third kappa shape index (κ3) is 4.38. The molecule has 2 atom stereocenters. The van der Waals surface area contributed by atoms with Crippen LogP contribution >= 0.6 is 0 Å². The molecular formula is C22H32FN7O2S. The van der Waals surface area contributed by atoms with Gasteiger partial charge in [0.2, 0.25) is 16.0 Å². The largest absolute Gasteiger partial charge is 0.348 e. The Balaban J connectivity index is 1.26. The molecule has 11 heteroatoms. The highest BCUT2D eigenvalue weighted by Gasteiger charge is 2.41. The predicted molar refractivity (Wildman–Crippen MR) is 124 cm³/mol. The van der Waals surface area contributed by atoms with E-state index < -0.39 is 22.2 Å². The van der Waals surface area contributed by atoms with Crippen molar-refractivity contribution in [3.63, 3.8) is 0 Å². The van der Waals surface area contributed by atoms with Crippen molar-refractivity contribution in [2.24, 2.45) is 5.73 Å². The highest BCUT2D eigenvalue weighted by Crippen LogP contribution is 2.39. The number of piperidine rings is 1. The Labute approximate surface area is 194 Å². The van der Waals surface area contributed by atoms with Crippen LogP contribution in [-0.4, -0.2) is 68.6 Å². The van der Waals surface area contributed by atoms with E-state index in [1.807, 2.05) is 24.7 Å². The average Bonchev–Trinajstić information content (AvgIpc) is 3.17. The molecule has 180 valence electrons. The van der Waals surface area contributed by atoms with Crippen LogP contribution in [0.2, 0.25) is 0 Å². The van der Waals surface area contributed by atoms with Crippen molar-refractivity contribution < 1.29 is 12.8 Å². The van der Waals surface area contributed by atoms with Crippen LogP contribution in [-0.2, 0) is 10.0 Å². The lowest BCUT2D eigenvalue weighted by atomic mass is 9.75. The Morgan fingerprint density at radius 2 is 2.00 bits per heavy atom. The molecule has 0 unspecified atom stereocenters. The van der Waals surface area contributed by atoms with E-state index in [1.54, 1.807) is 12.4 Å². The molecule has 1 aliphatic heterocycles. The van der Waals surface area contributed by atoms with Crippen molar-refractivity contribution in [2.75, 3.05) is 18.4 Å². The van der Waals surface area contributed by atoms with E-state index in [0.717, 1.165) is 36.1 Å². The molecule has 3 heterocycles. The van der Waals surface area contributed by atoms with Crippen molar-refractivity contribution in [1.82, 2.24) is 24.1 Å². The van der Waals surface area contributed by atoms with Gasteiger partial charge in [-0.1, -0.05) is 6.42 Å². The Hall–Kier alpha value is -2.11. The van der Waals surface area contributed by atoms with Crippen LogP contribution in [0.3, 0.4) is 0 Å². The lowest BCUT2D eigenvalue weighted by Crippen LogP contribution is -2.53. The molecule has 0 amide bonds. The Morgan fingerprint density at radius 1 is 1.24 bits per heavy atom. The van der Waals surface area contributed by atoms with Crippen LogP contribution in [0.1, 0.15) is 57.1 Å². The molecule has 0 radical (unpaired) electrons. The van der Waals surface area contributed by atoms with Crippen LogP contribution in [0.25, 0.3) is 11.3 Å². The molecule has 1 saturated heterocycles. The Kier molecular flexibility index (Phi) is 5.69.